The normalized spacial score (nSPS) is 28.8. The molecular formula is C16H21F2N5O3. The molecule has 0 radical (unpaired) electrons. The Morgan fingerprint density at radius 2 is 2.19 bits per heavy atom. The molecule has 10 heteroatoms. The Labute approximate surface area is 148 Å². The van der Waals surface area contributed by atoms with Gasteiger partial charge in [0, 0.05) is 0 Å². The van der Waals surface area contributed by atoms with Gasteiger partial charge in [0.05, 0.1) is 11.6 Å². The van der Waals surface area contributed by atoms with Gasteiger partial charge in [-0.2, -0.15) is 9.37 Å². The second-order valence-corrected chi connectivity index (χ2v) is 6.62. The Balaban J connectivity index is 2.00. The van der Waals surface area contributed by atoms with E-state index in [2.05, 4.69) is 10.1 Å². The molecule has 3 rings (SSSR count). The van der Waals surface area contributed by atoms with Crippen LogP contribution in [-0.2, 0) is 14.3 Å². The lowest BCUT2D eigenvalue weighted by atomic mass is 10.0. The fourth-order valence-corrected chi connectivity index (χ4v) is 2.96. The van der Waals surface area contributed by atoms with Crippen LogP contribution in [-0.4, -0.2) is 38.6 Å². The highest BCUT2D eigenvalue weighted by Crippen LogP contribution is 2.43. The van der Waals surface area contributed by atoms with Crippen molar-refractivity contribution in [2.45, 2.75) is 51.3 Å². The highest BCUT2D eigenvalue weighted by molar-refractivity contribution is 5.72. The number of nitrogens with zero attached hydrogens (tertiary/aromatic N) is 3. The van der Waals surface area contributed by atoms with Crippen LogP contribution in [0.15, 0.2) is 12.1 Å². The fraction of sp³-hybridized carbons (Fsp3) is 0.562. The lowest BCUT2D eigenvalue weighted by molar-refractivity contribution is -0.165. The summed E-state index contributed by atoms with van der Waals surface area (Å²) in [4.78, 5) is 15.4. The lowest BCUT2D eigenvalue weighted by Gasteiger charge is -2.29. The molecule has 8 nitrogen and oxygen atoms in total. The predicted octanol–water partition coefficient (Wildman–Crippen LogP) is 1.49. The van der Waals surface area contributed by atoms with Crippen LogP contribution < -0.4 is 11.5 Å². The number of rotatable bonds is 4. The molecule has 0 aliphatic carbocycles. The van der Waals surface area contributed by atoms with Crippen molar-refractivity contribution >= 4 is 17.3 Å². The first-order valence-corrected chi connectivity index (χ1v) is 8.30. The van der Waals surface area contributed by atoms with Crippen LogP contribution in [0.3, 0.4) is 0 Å². The Hall–Kier alpha value is -2.33. The van der Waals surface area contributed by atoms with Gasteiger partial charge in [0.2, 0.25) is 0 Å². The summed E-state index contributed by atoms with van der Waals surface area (Å²) < 4.78 is 40.8. The third kappa shape index (κ3) is 2.88. The monoisotopic (exact) mass is 369 g/mol. The van der Waals surface area contributed by atoms with Crippen molar-refractivity contribution in [2.75, 3.05) is 5.73 Å². The summed E-state index contributed by atoms with van der Waals surface area (Å²) in [7, 11) is 0. The predicted molar refractivity (Wildman–Crippen MR) is 88.0 cm³/mol. The highest BCUT2D eigenvalue weighted by Gasteiger charge is 2.56. The Morgan fingerprint density at radius 1 is 1.50 bits per heavy atom. The number of esters is 1. The molecule has 1 saturated heterocycles. The molecular weight excluding hydrogens is 348 g/mol. The molecule has 0 spiro atoms. The van der Waals surface area contributed by atoms with E-state index < -0.39 is 42.1 Å². The zero-order valence-corrected chi connectivity index (χ0v) is 14.6. The molecule has 1 aliphatic heterocycles. The maximum absolute atomic E-state index is 15.2. The number of nitrogens with two attached hydrogens (primary N) is 2. The molecule has 2 aromatic heterocycles. The van der Waals surface area contributed by atoms with Crippen molar-refractivity contribution < 1.29 is 23.0 Å². The van der Waals surface area contributed by atoms with Crippen LogP contribution >= 0.6 is 0 Å². The van der Waals surface area contributed by atoms with E-state index in [0.29, 0.717) is 5.52 Å². The zero-order chi connectivity index (χ0) is 19.2. The SMILES string of the molecule is CC[C@@]1(N)O[C@@H](c2ccc3c(N)nc(F)nn23)[C@H](F)[C@@H]1OC(=O)C(C)C. The van der Waals surface area contributed by atoms with E-state index in [9.17, 15) is 9.18 Å². The molecule has 142 valence electrons. The number of ether oxygens (including phenoxy) is 2. The lowest BCUT2D eigenvalue weighted by Crippen LogP contribution is -2.52. The quantitative estimate of drug-likeness (QED) is 0.784. The van der Waals surface area contributed by atoms with E-state index in [4.69, 9.17) is 20.9 Å². The van der Waals surface area contributed by atoms with Gasteiger partial charge in [-0.25, -0.2) is 8.91 Å². The van der Waals surface area contributed by atoms with E-state index in [-0.39, 0.29) is 17.9 Å². The molecule has 26 heavy (non-hydrogen) atoms. The Kier molecular flexibility index (Phi) is 4.57. The molecule has 1 fully saturated rings. The van der Waals surface area contributed by atoms with Crippen LogP contribution in [0.2, 0.25) is 0 Å². The summed E-state index contributed by atoms with van der Waals surface area (Å²) in [6.45, 7) is 4.97. The average molecular weight is 369 g/mol. The molecule has 0 aromatic carbocycles. The zero-order valence-electron chi connectivity index (χ0n) is 14.6. The summed E-state index contributed by atoms with van der Waals surface area (Å²) in [5.74, 6) is -1.12. The smallest absolute Gasteiger partial charge is 0.327 e. The number of carbonyl (C=O) groups is 1. The van der Waals surface area contributed by atoms with Gasteiger partial charge in [0.15, 0.2) is 23.8 Å². The molecule has 1 aliphatic rings. The minimum Gasteiger partial charge on any atom is -0.454 e. The summed E-state index contributed by atoms with van der Waals surface area (Å²) in [6, 6.07) is 3.03. The molecule has 0 unspecified atom stereocenters. The molecule has 0 amide bonds. The average Bonchev–Trinajstić information content (AvgIpc) is 3.09. The maximum atomic E-state index is 15.2. The largest absolute Gasteiger partial charge is 0.454 e. The molecule has 2 aromatic rings. The van der Waals surface area contributed by atoms with E-state index >= 15 is 4.39 Å². The van der Waals surface area contributed by atoms with Crippen LogP contribution in [0.5, 0.6) is 0 Å². The molecule has 0 bridgehead atoms. The van der Waals surface area contributed by atoms with Crippen molar-refractivity contribution in [3.05, 3.63) is 23.9 Å². The maximum Gasteiger partial charge on any atom is 0.327 e. The Bertz CT molecular complexity index is 843. The van der Waals surface area contributed by atoms with Crippen LogP contribution in [0.4, 0.5) is 14.6 Å². The molecule has 4 atom stereocenters. The standard InChI is InChI=1S/C16H21F2N5O3/c1-4-16(20)12(25-14(24)7(2)3)10(17)11(26-16)8-5-6-9-13(19)21-15(18)22-23(8)9/h5-7,10-12H,4,20H2,1-3H3,(H2,19,21,22)/t10-,11-,12-,16+/m0/s1. The van der Waals surface area contributed by atoms with Crippen molar-refractivity contribution in [2.24, 2.45) is 11.7 Å². The highest BCUT2D eigenvalue weighted by atomic mass is 19.1. The van der Waals surface area contributed by atoms with Gasteiger partial charge in [0.25, 0.3) is 0 Å². The van der Waals surface area contributed by atoms with Crippen molar-refractivity contribution in [1.82, 2.24) is 14.6 Å². The third-order valence-corrected chi connectivity index (χ3v) is 4.51. The second-order valence-electron chi connectivity index (χ2n) is 6.62. The van der Waals surface area contributed by atoms with Gasteiger partial charge in [-0.05, 0) is 18.6 Å². The van der Waals surface area contributed by atoms with Gasteiger partial charge in [-0.3, -0.25) is 4.79 Å². The van der Waals surface area contributed by atoms with Crippen LogP contribution in [0, 0.1) is 12.0 Å². The molecule has 3 heterocycles. The van der Waals surface area contributed by atoms with Crippen molar-refractivity contribution in [3.8, 4) is 0 Å². The van der Waals surface area contributed by atoms with E-state index in [1.165, 1.54) is 12.1 Å². The van der Waals surface area contributed by atoms with Gasteiger partial charge in [0.1, 0.15) is 11.6 Å². The minimum atomic E-state index is -1.76. The molecule has 0 saturated carbocycles. The first-order chi connectivity index (χ1) is 12.2. The summed E-state index contributed by atoms with van der Waals surface area (Å²) in [6.07, 6.45) is -5.13. The topological polar surface area (TPSA) is 118 Å². The number of alkyl halides is 1. The first-order valence-electron chi connectivity index (χ1n) is 8.30. The first kappa shape index (κ1) is 18.5. The van der Waals surface area contributed by atoms with Gasteiger partial charge in [-0.1, -0.05) is 20.8 Å². The third-order valence-electron chi connectivity index (χ3n) is 4.51. The summed E-state index contributed by atoms with van der Waals surface area (Å²) >= 11 is 0. The fourth-order valence-electron chi connectivity index (χ4n) is 2.96. The number of hydrogen-bond acceptors (Lipinski definition) is 7. The van der Waals surface area contributed by atoms with E-state index in [1.807, 2.05) is 0 Å². The Morgan fingerprint density at radius 3 is 2.81 bits per heavy atom. The number of carbonyl (C=O) groups excluding carboxylic acids is 1. The second kappa shape index (κ2) is 6.44. The van der Waals surface area contributed by atoms with E-state index in [1.54, 1.807) is 20.8 Å². The van der Waals surface area contributed by atoms with Gasteiger partial charge in [-0.15, -0.1) is 5.10 Å². The summed E-state index contributed by atoms with van der Waals surface area (Å²) in [5.41, 5.74) is 10.8. The number of halogens is 2. The number of nitrogen functional groups attached to an aromatic ring is 1. The number of fused-ring (bicyclic) bond motifs is 1. The van der Waals surface area contributed by atoms with Crippen LogP contribution in [0.25, 0.3) is 5.52 Å². The van der Waals surface area contributed by atoms with E-state index in [0.717, 1.165) is 4.52 Å². The molecule has 4 N–H and O–H groups in total. The van der Waals surface area contributed by atoms with Gasteiger partial charge < -0.3 is 20.9 Å². The van der Waals surface area contributed by atoms with Gasteiger partial charge >= 0.3 is 12.0 Å². The minimum absolute atomic E-state index is 0.0885. The van der Waals surface area contributed by atoms with Crippen LogP contribution in [0.1, 0.15) is 39.0 Å². The number of hydrogen-bond donors (Lipinski definition) is 2. The summed E-state index contributed by atoms with van der Waals surface area (Å²) in [5, 5.41) is 3.63. The number of aromatic nitrogens is 3. The van der Waals surface area contributed by atoms with Crippen molar-refractivity contribution in [3.63, 3.8) is 0 Å². The number of anilines is 1. The van der Waals surface area contributed by atoms with Crippen molar-refractivity contribution in [1.29, 1.82) is 0 Å².